The van der Waals surface area contributed by atoms with E-state index in [0.717, 1.165) is 44.7 Å². The number of amides is 3. The minimum atomic E-state index is -5.08. The maximum atomic E-state index is 12.5. The Morgan fingerprint density at radius 3 is 2.05 bits per heavy atom. The number of piperazine rings is 1. The molecule has 12 nitrogen and oxygen atoms in total. The van der Waals surface area contributed by atoms with E-state index in [1.54, 1.807) is 55.1 Å². The molecule has 2 aromatic heterocycles. The summed E-state index contributed by atoms with van der Waals surface area (Å²) in [5.41, 5.74) is 3.45. The predicted molar refractivity (Wildman–Crippen MR) is 156 cm³/mol. The van der Waals surface area contributed by atoms with Crippen LogP contribution in [0.2, 0.25) is 0 Å². The van der Waals surface area contributed by atoms with Gasteiger partial charge in [-0.3, -0.25) is 29.3 Å². The largest absolute Gasteiger partial charge is 0.490 e. The van der Waals surface area contributed by atoms with Crippen LogP contribution in [0.1, 0.15) is 22.3 Å². The molecule has 4 rings (SSSR count). The number of nitrogens with one attached hydrogen (secondary N) is 3. The van der Waals surface area contributed by atoms with E-state index in [4.69, 9.17) is 9.90 Å². The van der Waals surface area contributed by atoms with Crippen LogP contribution in [0.25, 0.3) is 0 Å². The van der Waals surface area contributed by atoms with Crippen molar-refractivity contribution < 1.29 is 37.5 Å². The van der Waals surface area contributed by atoms with E-state index in [1.807, 2.05) is 19.1 Å². The molecule has 1 aliphatic rings. The fourth-order valence-corrected chi connectivity index (χ4v) is 4.09. The fourth-order valence-electron chi connectivity index (χ4n) is 4.09. The van der Waals surface area contributed by atoms with Crippen molar-refractivity contribution in [1.82, 2.24) is 20.2 Å². The number of rotatable bonds is 8. The molecule has 44 heavy (non-hydrogen) atoms. The van der Waals surface area contributed by atoms with Gasteiger partial charge in [-0.1, -0.05) is 6.07 Å². The molecule has 4 N–H and O–H groups in total. The van der Waals surface area contributed by atoms with Crippen LogP contribution in [0.4, 0.5) is 30.2 Å². The number of benzene rings is 1. The maximum Gasteiger partial charge on any atom is 0.490 e. The first-order valence-corrected chi connectivity index (χ1v) is 13.5. The van der Waals surface area contributed by atoms with Crippen molar-refractivity contribution in [2.75, 3.05) is 54.8 Å². The highest BCUT2D eigenvalue weighted by Crippen LogP contribution is 2.21. The Labute approximate surface area is 251 Å². The van der Waals surface area contributed by atoms with Crippen LogP contribution in [0, 0.1) is 6.92 Å². The van der Waals surface area contributed by atoms with Crippen LogP contribution in [0.3, 0.4) is 0 Å². The number of carbonyl (C=O) groups excluding carboxylic acids is 3. The Kier molecular flexibility index (Phi) is 12.1. The van der Waals surface area contributed by atoms with Gasteiger partial charge in [0.15, 0.2) is 0 Å². The number of nitrogens with zero attached hydrogens (tertiary/aromatic N) is 4. The zero-order valence-corrected chi connectivity index (χ0v) is 23.8. The molecule has 3 aromatic rings. The summed E-state index contributed by atoms with van der Waals surface area (Å²) in [6.45, 7) is 6.90. The zero-order valence-electron chi connectivity index (χ0n) is 23.8. The highest BCUT2D eigenvalue weighted by molar-refractivity contribution is 6.39. The Hall–Kier alpha value is -5.05. The predicted octanol–water partition coefficient (Wildman–Crippen LogP) is 2.94. The Balaban J connectivity index is 0.000000676. The molecule has 0 saturated carbocycles. The number of alkyl halides is 3. The summed E-state index contributed by atoms with van der Waals surface area (Å²) in [7, 11) is 0. The second-order valence-electron chi connectivity index (χ2n) is 9.62. The normalized spacial score (nSPS) is 13.2. The lowest BCUT2D eigenvalue weighted by Crippen LogP contribution is -2.47. The molecule has 0 spiro atoms. The van der Waals surface area contributed by atoms with Crippen molar-refractivity contribution in [3.63, 3.8) is 0 Å². The molecule has 1 fully saturated rings. The molecule has 0 bridgehead atoms. The third-order valence-electron chi connectivity index (χ3n) is 6.47. The quantitative estimate of drug-likeness (QED) is 0.221. The summed E-state index contributed by atoms with van der Waals surface area (Å²) in [4.78, 5) is 58.7. The molecule has 0 radical (unpaired) electrons. The van der Waals surface area contributed by atoms with Crippen molar-refractivity contribution in [3.8, 4) is 0 Å². The lowest BCUT2D eigenvalue weighted by molar-refractivity contribution is -0.192. The van der Waals surface area contributed by atoms with Crippen LogP contribution >= 0.6 is 0 Å². The molecular weight excluding hydrogens is 583 g/mol. The molecule has 0 aliphatic carbocycles. The first-order chi connectivity index (χ1) is 20.9. The molecular formula is C29H32F3N7O5. The summed E-state index contributed by atoms with van der Waals surface area (Å²) in [5.74, 6) is -4.48. The van der Waals surface area contributed by atoms with E-state index in [0.29, 0.717) is 23.5 Å². The van der Waals surface area contributed by atoms with Gasteiger partial charge in [0.2, 0.25) is 0 Å². The third kappa shape index (κ3) is 10.7. The van der Waals surface area contributed by atoms with E-state index in [2.05, 4.69) is 35.7 Å². The van der Waals surface area contributed by atoms with Crippen LogP contribution < -0.4 is 20.9 Å². The Morgan fingerprint density at radius 2 is 1.45 bits per heavy atom. The smallest absolute Gasteiger partial charge is 0.475 e. The highest BCUT2D eigenvalue weighted by Gasteiger charge is 2.38. The molecule has 234 valence electrons. The summed E-state index contributed by atoms with van der Waals surface area (Å²) in [5, 5.41) is 15.2. The first kappa shape index (κ1) is 33.5. The van der Waals surface area contributed by atoms with Crippen molar-refractivity contribution in [1.29, 1.82) is 0 Å². The number of aromatic nitrogens is 2. The van der Waals surface area contributed by atoms with Gasteiger partial charge in [0, 0.05) is 80.1 Å². The van der Waals surface area contributed by atoms with Gasteiger partial charge in [0.1, 0.15) is 0 Å². The number of carbonyl (C=O) groups is 4. The lowest BCUT2D eigenvalue weighted by Gasteiger charge is -2.36. The average Bonchev–Trinajstić information content (AvgIpc) is 3.01. The number of hydrogen-bond donors (Lipinski definition) is 4. The molecule has 1 saturated heterocycles. The van der Waals surface area contributed by atoms with E-state index in [-0.39, 0.29) is 5.91 Å². The molecule has 15 heteroatoms. The summed E-state index contributed by atoms with van der Waals surface area (Å²) >= 11 is 0. The zero-order chi connectivity index (χ0) is 32.1. The van der Waals surface area contributed by atoms with Gasteiger partial charge in [0.05, 0.1) is 0 Å². The number of hydrogen-bond acceptors (Lipinski definition) is 8. The highest BCUT2D eigenvalue weighted by atomic mass is 19.4. The minimum absolute atomic E-state index is 0.287. The summed E-state index contributed by atoms with van der Waals surface area (Å²) < 4.78 is 31.7. The van der Waals surface area contributed by atoms with Crippen molar-refractivity contribution >= 4 is 40.8 Å². The number of carboxylic acids is 1. The number of anilines is 3. The minimum Gasteiger partial charge on any atom is -0.475 e. The monoisotopic (exact) mass is 615 g/mol. The first-order valence-electron chi connectivity index (χ1n) is 13.5. The number of halogens is 3. The van der Waals surface area contributed by atoms with Gasteiger partial charge in [-0.25, -0.2) is 4.79 Å². The Morgan fingerprint density at radius 1 is 0.864 bits per heavy atom. The van der Waals surface area contributed by atoms with Gasteiger partial charge >= 0.3 is 24.0 Å². The van der Waals surface area contributed by atoms with Crippen molar-refractivity contribution in [2.24, 2.45) is 0 Å². The van der Waals surface area contributed by atoms with E-state index < -0.39 is 24.0 Å². The van der Waals surface area contributed by atoms with Crippen molar-refractivity contribution in [3.05, 3.63) is 78.4 Å². The van der Waals surface area contributed by atoms with Crippen LogP contribution in [0.15, 0.2) is 67.3 Å². The van der Waals surface area contributed by atoms with E-state index in [9.17, 15) is 27.6 Å². The van der Waals surface area contributed by atoms with Gasteiger partial charge in [-0.15, -0.1) is 0 Å². The van der Waals surface area contributed by atoms with Gasteiger partial charge in [-0.05, 0) is 61.9 Å². The lowest BCUT2D eigenvalue weighted by atomic mass is 10.1. The van der Waals surface area contributed by atoms with Crippen LogP contribution in [0.5, 0.6) is 0 Å². The fraction of sp³-hybridized carbons (Fsp3) is 0.310. The summed E-state index contributed by atoms with van der Waals surface area (Å²) in [6.07, 6.45) is 2.37. The second-order valence-corrected chi connectivity index (χ2v) is 9.62. The Bertz CT molecular complexity index is 1420. The van der Waals surface area contributed by atoms with Gasteiger partial charge < -0.3 is 26.0 Å². The van der Waals surface area contributed by atoms with E-state index in [1.165, 1.54) is 5.69 Å². The third-order valence-corrected chi connectivity index (χ3v) is 6.47. The summed E-state index contributed by atoms with van der Waals surface area (Å²) in [6, 6.07) is 12.4. The van der Waals surface area contributed by atoms with Crippen LogP contribution in [-0.2, 0) is 14.4 Å². The van der Waals surface area contributed by atoms with Crippen molar-refractivity contribution in [2.45, 2.75) is 19.5 Å². The average molecular weight is 616 g/mol. The van der Waals surface area contributed by atoms with Crippen LogP contribution in [-0.4, -0.2) is 89.1 Å². The molecule has 1 aliphatic heterocycles. The molecule has 3 heterocycles. The molecule has 0 atom stereocenters. The second kappa shape index (κ2) is 16.0. The molecule has 3 amide bonds. The molecule has 1 aromatic carbocycles. The SMILES string of the molecule is Cc1ccc(NC(=O)C(=O)NCCCN2CCN(c3ccncc3)CC2)cc1NC(=O)c1ccncc1.O=C(O)C(F)(F)F. The number of aryl methyl sites for hydroxylation is 1. The van der Waals surface area contributed by atoms with Gasteiger partial charge in [-0.2, -0.15) is 13.2 Å². The maximum absolute atomic E-state index is 12.5. The van der Waals surface area contributed by atoms with E-state index >= 15 is 0 Å². The molecule has 0 unspecified atom stereocenters. The van der Waals surface area contributed by atoms with Gasteiger partial charge in [0.25, 0.3) is 5.91 Å². The number of carboxylic acid groups (broad SMARTS) is 1. The topological polar surface area (TPSA) is 157 Å². The number of pyridine rings is 2. The standard InChI is InChI=1S/C27H31N7O3.C2HF3O2/c1-20-3-4-22(19-24(20)32-25(35)21-5-10-28-11-6-21)31-27(37)26(36)30-9-2-14-33-15-17-34(18-16-33)23-7-12-29-13-8-23;3-2(4,5)1(6)7/h3-8,10-13,19H,2,9,14-18H2,1H3,(H,30,36)(H,31,37)(H,32,35);(H,6,7). The number of aliphatic carboxylic acids is 1.